The Hall–Kier alpha value is -3.68. The molecule has 1 aromatic heterocycles. The average molecular weight is 466 g/mol. The van der Waals surface area contributed by atoms with Crippen molar-refractivity contribution in [3.63, 3.8) is 0 Å². The summed E-state index contributed by atoms with van der Waals surface area (Å²) < 4.78 is 21.8. The van der Waals surface area contributed by atoms with E-state index in [1.165, 1.54) is 5.69 Å². The van der Waals surface area contributed by atoms with Gasteiger partial charge < -0.3 is 29.0 Å². The molecule has 1 fully saturated rings. The maximum Gasteiger partial charge on any atom is 0.251 e. The van der Waals surface area contributed by atoms with Crippen molar-refractivity contribution in [2.24, 2.45) is 0 Å². The zero-order valence-electron chi connectivity index (χ0n) is 20.1. The Bertz CT molecular complexity index is 1100. The number of piperidine rings is 1. The van der Waals surface area contributed by atoms with Crippen molar-refractivity contribution < 1.29 is 23.5 Å². The first kappa shape index (κ1) is 23.5. The van der Waals surface area contributed by atoms with Crippen molar-refractivity contribution in [1.29, 1.82) is 0 Å². The Morgan fingerprint density at radius 1 is 1.06 bits per heavy atom. The fraction of sp³-hybridized carbons (Fsp3) is 0.385. The van der Waals surface area contributed by atoms with E-state index in [1.807, 2.05) is 26.0 Å². The van der Waals surface area contributed by atoms with Gasteiger partial charge in [0.2, 0.25) is 0 Å². The zero-order valence-corrected chi connectivity index (χ0v) is 20.1. The van der Waals surface area contributed by atoms with Gasteiger partial charge in [-0.1, -0.05) is 5.16 Å². The number of methoxy groups -OCH3 is 2. The van der Waals surface area contributed by atoms with E-state index in [-0.39, 0.29) is 11.9 Å². The molecule has 0 spiro atoms. The molecule has 0 atom stereocenters. The summed E-state index contributed by atoms with van der Waals surface area (Å²) in [5.74, 6) is 2.53. The smallest absolute Gasteiger partial charge is 0.251 e. The lowest BCUT2D eigenvalue weighted by Gasteiger charge is -2.34. The number of nitrogens with one attached hydrogen (secondary N) is 1. The van der Waals surface area contributed by atoms with Crippen LogP contribution in [0.4, 0.5) is 5.69 Å². The van der Waals surface area contributed by atoms with Gasteiger partial charge in [-0.05, 0) is 69.2 Å². The predicted molar refractivity (Wildman–Crippen MR) is 129 cm³/mol. The molecule has 2 heterocycles. The summed E-state index contributed by atoms with van der Waals surface area (Å²) in [6, 6.07) is 13.4. The van der Waals surface area contributed by atoms with Crippen LogP contribution in [0.25, 0.3) is 0 Å². The maximum absolute atomic E-state index is 12.9. The number of benzene rings is 2. The van der Waals surface area contributed by atoms with Crippen molar-refractivity contribution in [3.8, 4) is 17.2 Å². The third kappa shape index (κ3) is 5.27. The quantitative estimate of drug-likeness (QED) is 0.531. The number of anilines is 1. The lowest BCUT2D eigenvalue weighted by atomic mass is 10.0. The van der Waals surface area contributed by atoms with Crippen LogP contribution in [-0.4, -0.2) is 44.4 Å². The van der Waals surface area contributed by atoms with E-state index < -0.39 is 0 Å². The molecule has 0 saturated carbocycles. The monoisotopic (exact) mass is 465 g/mol. The molecule has 1 amide bonds. The van der Waals surface area contributed by atoms with Gasteiger partial charge in [-0.15, -0.1) is 0 Å². The van der Waals surface area contributed by atoms with Crippen LogP contribution in [0.2, 0.25) is 0 Å². The highest BCUT2D eigenvalue weighted by Gasteiger charge is 2.22. The van der Waals surface area contributed by atoms with Crippen LogP contribution in [0.1, 0.15) is 40.2 Å². The summed E-state index contributed by atoms with van der Waals surface area (Å²) in [7, 11) is 3.23. The zero-order chi connectivity index (χ0) is 24.1. The Morgan fingerprint density at radius 3 is 2.41 bits per heavy atom. The minimum Gasteiger partial charge on any atom is -0.497 e. The fourth-order valence-electron chi connectivity index (χ4n) is 4.13. The molecule has 4 rings (SSSR count). The molecule has 0 unspecified atom stereocenters. The van der Waals surface area contributed by atoms with Crippen LogP contribution < -0.4 is 24.4 Å². The van der Waals surface area contributed by atoms with Crippen LogP contribution in [0.5, 0.6) is 17.2 Å². The first-order valence-electron chi connectivity index (χ1n) is 11.4. The molecular weight excluding hydrogens is 434 g/mol. The molecule has 1 aliphatic rings. The van der Waals surface area contributed by atoms with E-state index in [9.17, 15) is 4.79 Å². The van der Waals surface area contributed by atoms with Crippen LogP contribution in [0.3, 0.4) is 0 Å². The highest BCUT2D eigenvalue weighted by Crippen LogP contribution is 2.30. The van der Waals surface area contributed by atoms with Gasteiger partial charge in [0.25, 0.3) is 5.91 Å². The molecule has 0 bridgehead atoms. The number of aryl methyl sites for hydroxylation is 2. The summed E-state index contributed by atoms with van der Waals surface area (Å²) >= 11 is 0. The molecule has 34 heavy (non-hydrogen) atoms. The molecule has 2 aromatic carbocycles. The number of hydrogen-bond acceptors (Lipinski definition) is 7. The van der Waals surface area contributed by atoms with Gasteiger partial charge in [0, 0.05) is 30.4 Å². The van der Waals surface area contributed by atoms with E-state index in [0.717, 1.165) is 48.7 Å². The van der Waals surface area contributed by atoms with Crippen molar-refractivity contribution in [1.82, 2.24) is 10.5 Å². The number of rotatable bonds is 8. The van der Waals surface area contributed by atoms with Crippen molar-refractivity contribution in [2.75, 3.05) is 32.2 Å². The normalized spacial score (nSPS) is 14.1. The van der Waals surface area contributed by atoms with Gasteiger partial charge in [-0.25, -0.2) is 0 Å². The Kier molecular flexibility index (Phi) is 7.25. The lowest BCUT2D eigenvalue weighted by molar-refractivity contribution is 0.0930. The van der Waals surface area contributed by atoms with Gasteiger partial charge in [0.05, 0.1) is 25.5 Å². The standard InChI is InChI=1S/C26H31N3O5/c1-17-23(18(2)34-28-17)16-33-24-10-5-19(15-25(24)32-4)26(30)27-20-11-13-29(14-12-20)21-6-8-22(31-3)9-7-21/h5-10,15,20H,11-14,16H2,1-4H3,(H,27,30). The average Bonchev–Trinajstić information content (AvgIpc) is 3.20. The summed E-state index contributed by atoms with van der Waals surface area (Å²) in [4.78, 5) is 15.2. The van der Waals surface area contributed by atoms with E-state index in [0.29, 0.717) is 23.7 Å². The second-order valence-corrected chi connectivity index (χ2v) is 8.39. The van der Waals surface area contributed by atoms with Crippen molar-refractivity contribution in [3.05, 3.63) is 65.0 Å². The van der Waals surface area contributed by atoms with E-state index in [2.05, 4.69) is 27.5 Å². The van der Waals surface area contributed by atoms with Crippen LogP contribution >= 0.6 is 0 Å². The maximum atomic E-state index is 12.9. The number of ether oxygens (including phenoxy) is 3. The minimum absolute atomic E-state index is 0.113. The van der Waals surface area contributed by atoms with Gasteiger partial charge in [0.1, 0.15) is 18.1 Å². The van der Waals surface area contributed by atoms with Crippen LogP contribution in [-0.2, 0) is 6.61 Å². The topological polar surface area (TPSA) is 86.1 Å². The third-order valence-electron chi connectivity index (χ3n) is 6.25. The lowest BCUT2D eigenvalue weighted by Crippen LogP contribution is -2.44. The van der Waals surface area contributed by atoms with E-state index in [1.54, 1.807) is 32.4 Å². The summed E-state index contributed by atoms with van der Waals surface area (Å²) in [6.07, 6.45) is 1.76. The molecule has 0 radical (unpaired) electrons. The Morgan fingerprint density at radius 2 is 1.79 bits per heavy atom. The Labute approximate surface area is 199 Å². The van der Waals surface area contributed by atoms with Gasteiger partial charge in [-0.2, -0.15) is 0 Å². The molecule has 1 N–H and O–H groups in total. The second kappa shape index (κ2) is 10.5. The molecule has 8 heteroatoms. The van der Waals surface area contributed by atoms with Gasteiger partial charge in [0.15, 0.2) is 11.5 Å². The molecule has 1 aliphatic heterocycles. The van der Waals surface area contributed by atoms with E-state index in [4.69, 9.17) is 18.7 Å². The number of carbonyl (C=O) groups excluding carboxylic acids is 1. The SMILES string of the molecule is COc1ccc(N2CCC(NC(=O)c3ccc(OCc4c(C)noc4C)c(OC)c3)CC2)cc1. The second-order valence-electron chi connectivity index (χ2n) is 8.39. The number of nitrogens with zero attached hydrogens (tertiary/aromatic N) is 2. The largest absolute Gasteiger partial charge is 0.497 e. The number of carbonyl (C=O) groups is 1. The highest BCUT2D eigenvalue weighted by molar-refractivity contribution is 5.95. The number of aromatic nitrogens is 1. The molecule has 1 saturated heterocycles. The molecule has 8 nitrogen and oxygen atoms in total. The van der Waals surface area contributed by atoms with Gasteiger partial charge in [-0.3, -0.25) is 4.79 Å². The summed E-state index contributed by atoms with van der Waals surface area (Å²) in [5, 5.41) is 7.11. The predicted octanol–water partition coefficient (Wildman–Crippen LogP) is 4.29. The first-order chi connectivity index (χ1) is 16.5. The minimum atomic E-state index is -0.113. The number of amides is 1. The third-order valence-corrected chi connectivity index (χ3v) is 6.25. The highest BCUT2D eigenvalue weighted by atomic mass is 16.5. The summed E-state index contributed by atoms with van der Waals surface area (Å²) in [6.45, 7) is 5.81. The molecular formula is C26H31N3O5. The molecule has 180 valence electrons. The first-order valence-corrected chi connectivity index (χ1v) is 11.4. The molecule has 0 aliphatic carbocycles. The Balaban J connectivity index is 1.33. The van der Waals surface area contributed by atoms with E-state index >= 15 is 0 Å². The van der Waals surface area contributed by atoms with Crippen LogP contribution in [0.15, 0.2) is 47.0 Å². The van der Waals surface area contributed by atoms with Crippen molar-refractivity contribution in [2.45, 2.75) is 39.3 Å². The fourth-order valence-corrected chi connectivity index (χ4v) is 4.13. The van der Waals surface area contributed by atoms with Crippen LogP contribution in [0, 0.1) is 13.8 Å². The number of hydrogen-bond donors (Lipinski definition) is 1. The molecule has 3 aromatic rings. The van der Waals surface area contributed by atoms with Crippen molar-refractivity contribution >= 4 is 11.6 Å². The van der Waals surface area contributed by atoms with Gasteiger partial charge >= 0.3 is 0 Å². The summed E-state index contributed by atoms with van der Waals surface area (Å²) in [5.41, 5.74) is 3.41.